The molecule has 4 rings (SSSR count). The first-order valence-electron chi connectivity index (χ1n) is 11.0. The van der Waals surface area contributed by atoms with E-state index in [0.717, 1.165) is 65.2 Å². The van der Waals surface area contributed by atoms with E-state index >= 15 is 0 Å². The first kappa shape index (κ1) is 22.8. The molecule has 0 spiro atoms. The minimum Gasteiger partial charge on any atom is -0.497 e. The summed E-state index contributed by atoms with van der Waals surface area (Å²) < 4.78 is 18.0. The predicted molar refractivity (Wildman–Crippen MR) is 127 cm³/mol. The molecule has 1 aromatic heterocycles. The molecule has 7 nitrogen and oxygen atoms in total. The summed E-state index contributed by atoms with van der Waals surface area (Å²) in [7, 11) is 1.66. The van der Waals surface area contributed by atoms with Gasteiger partial charge in [0.2, 0.25) is 0 Å². The van der Waals surface area contributed by atoms with E-state index in [4.69, 9.17) is 14.2 Å². The van der Waals surface area contributed by atoms with Gasteiger partial charge in [-0.05, 0) is 43.3 Å². The van der Waals surface area contributed by atoms with E-state index < -0.39 is 6.10 Å². The van der Waals surface area contributed by atoms with Gasteiger partial charge in [0.1, 0.15) is 36.6 Å². The number of ether oxygens (including phenoxy) is 3. The van der Waals surface area contributed by atoms with Crippen LogP contribution in [0.5, 0.6) is 17.2 Å². The average molecular weight is 458 g/mol. The van der Waals surface area contributed by atoms with Gasteiger partial charge in [0.25, 0.3) is 0 Å². The number of nitrogens with zero attached hydrogens (tertiary/aromatic N) is 3. The molecule has 0 bridgehead atoms. The second-order valence-electron chi connectivity index (χ2n) is 7.99. The Labute approximate surface area is 193 Å². The number of hydrogen-bond acceptors (Lipinski definition) is 8. The predicted octanol–water partition coefficient (Wildman–Crippen LogP) is 3.05. The topological polar surface area (TPSA) is 67.3 Å². The van der Waals surface area contributed by atoms with Crippen LogP contribution in [-0.2, 0) is 0 Å². The first-order chi connectivity index (χ1) is 15.6. The van der Waals surface area contributed by atoms with Gasteiger partial charge in [-0.15, -0.1) is 11.3 Å². The Hall–Kier alpha value is -2.39. The number of aryl methyl sites for hydroxylation is 1. The van der Waals surface area contributed by atoms with Crippen molar-refractivity contribution in [1.29, 1.82) is 0 Å². The molecule has 3 aromatic rings. The van der Waals surface area contributed by atoms with Crippen LogP contribution < -0.4 is 14.2 Å². The highest BCUT2D eigenvalue weighted by atomic mass is 32.1. The molecule has 1 aliphatic rings. The number of hydrogen-bond donors (Lipinski definition) is 1. The zero-order valence-corrected chi connectivity index (χ0v) is 19.5. The van der Waals surface area contributed by atoms with Crippen molar-refractivity contribution in [2.75, 3.05) is 59.6 Å². The van der Waals surface area contributed by atoms with Crippen molar-refractivity contribution >= 4 is 21.6 Å². The van der Waals surface area contributed by atoms with E-state index in [1.165, 1.54) is 0 Å². The Morgan fingerprint density at radius 3 is 2.41 bits per heavy atom. The number of rotatable bonds is 10. The molecule has 0 radical (unpaired) electrons. The lowest BCUT2D eigenvalue weighted by molar-refractivity contribution is 0.0436. The molecule has 1 fully saturated rings. The van der Waals surface area contributed by atoms with Gasteiger partial charge in [0.05, 0.1) is 22.3 Å². The van der Waals surface area contributed by atoms with Gasteiger partial charge in [-0.25, -0.2) is 4.98 Å². The van der Waals surface area contributed by atoms with E-state index in [1.807, 2.05) is 49.4 Å². The van der Waals surface area contributed by atoms with E-state index in [9.17, 15) is 5.11 Å². The van der Waals surface area contributed by atoms with Crippen LogP contribution in [0.1, 0.15) is 5.01 Å². The normalized spacial score (nSPS) is 16.2. The Balaban J connectivity index is 1.12. The molecule has 0 unspecified atom stereocenters. The van der Waals surface area contributed by atoms with Crippen LogP contribution in [-0.4, -0.2) is 85.6 Å². The highest BCUT2D eigenvalue weighted by Crippen LogP contribution is 2.25. The molecule has 1 aliphatic heterocycles. The van der Waals surface area contributed by atoms with Gasteiger partial charge in [-0.1, -0.05) is 0 Å². The van der Waals surface area contributed by atoms with Crippen LogP contribution in [0.4, 0.5) is 0 Å². The third-order valence-electron chi connectivity index (χ3n) is 5.58. The van der Waals surface area contributed by atoms with Crippen molar-refractivity contribution in [2.45, 2.75) is 13.0 Å². The molecule has 32 heavy (non-hydrogen) atoms. The first-order valence-corrected chi connectivity index (χ1v) is 11.8. The molecular formula is C24H31N3O4S. The third-order valence-corrected chi connectivity index (χ3v) is 6.53. The van der Waals surface area contributed by atoms with Crippen molar-refractivity contribution in [2.24, 2.45) is 0 Å². The summed E-state index contributed by atoms with van der Waals surface area (Å²) in [6.45, 7) is 8.27. The van der Waals surface area contributed by atoms with Crippen molar-refractivity contribution in [1.82, 2.24) is 14.8 Å². The van der Waals surface area contributed by atoms with Crippen LogP contribution in [0.25, 0.3) is 10.2 Å². The molecule has 0 aliphatic carbocycles. The van der Waals surface area contributed by atoms with E-state index in [-0.39, 0.29) is 6.61 Å². The maximum atomic E-state index is 10.4. The molecule has 2 aromatic carbocycles. The number of aliphatic hydroxyl groups is 1. The van der Waals surface area contributed by atoms with E-state index in [2.05, 4.69) is 14.8 Å². The van der Waals surface area contributed by atoms with Crippen molar-refractivity contribution in [3.63, 3.8) is 0 Å². The Kier molecular flexibility index (Phi) is 7.81. The third kappa shape index (κ3) is 6.32. The molecule has 2 heterocycles. The smallest absolute Gasteiger partial charge is 0.121 e. The number of aliphatic hydroxyl groups excluding tert-OH is 1. The monoisotopic (exact) mass is 457 g/mol. The summed E-state index contributed by atoms with van der Waals surface area (Å²) in [5, 5.41) is 11.5. The summed E-state index contributed by atoms with van der Waals surface area (Å²) in [5.41, 5.74) is 0.951. The lowest BCUT2D eigenvalue weighted by Crippen LogP contribution is -2.50. The zero-order valence-electron chi connectivity index (χ0n) is 18.7. The number of benzene rings is 2. The van der Waals surface area contributed by atoms with Crippen molar-refractivity contribution in [3.8, 4) is 17.2 Å². The molecule has 1 saturated heterocycles. The van der Waals surface area contributed by atoms with Crippen molar-refractivity contribution in [3.05, 3.63) is 47.5 Å². The Morgan fingerprint density at radius 1 is 0.969 bits per heavy atom. The largest absolute Gasteiger partial charge is 0.497 e. The number of aromatic nitrogens is 1. The van der Waals surface area contributed by atoms with Crippen LogP contribution in [0.3, 0.4) is 0 Å². The number of thiazole rings is 1. The molecule has 172 valence electrons. The minimum absolute atomic E-state index is 0.282. The lowest BCUT2D eigenvalue weighted by atomic mass is 10.2. The van der Waals surface area contributed by atoms with Crippen LogP contribution in [0.15, 0.2) is 42.5 Å². The van der Waals surface area contributed by atoms with Crippen LogP contribution >= 0.6 is 11.3 Å². The molecular weight excluding hydrogens is 426 g/mol. The average Bonchev–Trinajstić information content (AvgIpc) is 3.18. The summed E-state index contributed by atoms with van der Waals surface area (Å²) >= 11 is 1.67. The van der Waals surface area contributed by atoms with Gasteiger partial charge >= 0.3 is 0 Å². The standard InChI is InChI=1S/C24H31N3O4S/c1-18-25-23-15-22(7-8-24(23)32-18)31-17-19(28)16-27-11-9-26(10-12-27)13-14-30-21-5-3-20(29-2)4-6-21/h3-8,15,19,28H,9-14,16-17H2,1-2H3/t19-/m1/s1. The maximum Gasteiger partial charge on any atom is 0.121 e. The maximum absolute atomic E-state index is 10.4. The fourth-order valence-electron chi connectivity index (χ4n) is 3.82. The van der Waals surface area contributed by atoms with E-state index in [1.54, 1.807) is 18.4 Å². The second-order valence-corrected chi connectivity index (χ2v) is 9.23. The SMILES string of the molecule is COc1ccc(OCCN2CCN(C[C@@H](O)COc3ccc4sc(C)nc4c3)CC2)cc1. The number of piperazine rings is 1. The van der Waals surface area contributed by atoms with Gasteiger partial charge in [-0.3, -0.25) is 9.80 Å². The lowest BCUT2D eigenvalue weighted by Gasteiger charge is -2.35. The van der Waals surface area contributed by atoms with Gasteiger partial charge in [-0.2, -0.15) is 0 Å². The van der Waals surface area contributed by atoms with Crippen LogP contribution in [0, 0.1) is 6.92 Å². The number of methoxy groups -OCH3 is 1. The number of β-amino-alcohol motifs (C(OH)–C–C–N with tert-alkyl or cyclic N) is 1. The van der Waals surface area contributed by atoms with Crippen molar-refractivity contribution < 1.29 is 19.3 Å². The van der Waals surface area contributed by atoms with Crippen LogP contribution in [0.2, 0.25) is 0 Å². The fourth-order valence-corrected chi connectivity index (χ4v) is 4.62. The summed E-state index contributed by atoms with van der Waals surface area (Å²) in [5.74, 6) is 2.44. The number of fused-ring (bicyclic) bond motifs is 1. The highest BCUT2D eigenvalue weighted by Gasteiger charge is 2.19. The Bertz CT molecular complexity index is 987. The molecule has 1 atom stereocenters. The molecule has 1 N–H and O–H groups in total. The summed E-state index contributed by atoms with van der Waals surface area (Å²) in [4.78, 5) is 9.19. The van der Waals surface area contributed by atoms with Gasteiger partial charge in [0, 0.05) is 45.3 Å². The van der Waals surface area contributed by atoms with Gasteiger partial charge < -0.3 is 19.3 Å². The molecule has 0 amide bonds. The second kappa shape index (κ2) is 11.0. The quantitative estimate of drug-likeness (QED) is 0.502. The zero-order chi connectivity index (χ0) is 22.3. The molecule has 8 heteroatoms. The van der Waals surface area contributed by atoms with E-state index in [0.29, 0.717) is 13.2 Å². The Morgan fingerprint density at radius 2 is 1.66 bits per heavy atom. The highest BCUT2D eigenvalue weighted by molar-refractivity contribution is 7.18. The molecule has 0 saturated carbocycles. The fraction of sp³-hybridized carbons (Fsp3) is 0.458. The minimum atomic E-state index is -0.521. The summed E-state index contributed by atoms with van der Waals surface area (Å²) in [6.07, 6.45) is -0.521. The summed E-state index contributed by atoms with van der Waals surface area (Å²) in [6, 6.07) is 13.6. The van der Waals surface area contributed by atoms with Gasteiger partial charge in [0.15, 0.2) is 0 Å².